The number of hydrogen-bond donors (Lipinski definition) is 4. The number of carbonyl (C=O) groups is 4. The van der Waals surface area contributed by atoms with E-state index in [-0.39, 0.29) is 30.2 Å². The average molecular weight is 652 g/mol. The first-order chi connectivity index (χ1) is 21.1. The predicted octanol–water partition coefficient (Wildman–Crippen LogP) is 3.61. The molecule has 14 heteroatoms. The molecule has 1 aliphatic carbocycles. The number of methoxy groups -OCH3 is 1. The van der Waals surface area contributed by atoms with Gasteiger partial charge in [0.15, 0.2) is 0 Å². The number of unbranched alkanes of at least 4 members (excludes halogenated alkanes) is 2. The lowest BCUT2D eigenvalue weighted by atomic mass is 10.0. The van der Waals surface area contributed by atoms with Crippen molar-refractivity contribution in [3.05, 3.63) is 24.3 Å². The standard InChI is InChI=1S/C31H49N5O8S/c1-21(2)13-8-7-9-15-23(32-29(40)44-30(3,4)5)27(38)36-20-12-16-24(36)26(37)33-31(18-19-31)28(39)35-45(41,42)34-22-14-10-11-17-25(22)43-6/h10-11,14,17,21,23-24,34H,7-9,12-13,15-16,18-20H2,1-6H3,(H,32,40)(H,33,37)(H,35,39)/t23-,24-/m0/s1. The molecule has 1 aromatic rings. The Morgan fingerprint density at radius 2 is 1.71 bits per heavy atom. The molecule has 0 bridgehead atoms. The van der Waals surface area contributed by atoms with Gasteiger partial charge in [0.1, 0.15) is 29.0 Å². The zero-order valence-electron chi connectivity index (χ0n) is 27.2. The van der Waals surface area contributed by atoms with Gasteiger partial charge in [-0.15, -0.1) is 0 Å². The number of hydrogen-bond acceptors (Lipinski definition) is 8. The van der Waals surface area contributed by atoms with Crippen molar-refractivity contribution >= 4 is 39.7 Å². The van der Waals surface area contributed by atoms with Gasteiger partial charge in [0.25, 0.3) is 5.91 Å². The maximum absolute atomic E-state index is 13.8. The lowest BCUT2D eigenvalue weighted by Gasteiger charge is -2.30. The van der Waals surface area contributed by atoms with E-state index >= 15 is 0 Å². The second-order valence-corrected chi connectivity index (χ2v) is 14.6. The van der Waals surface area contributed by atoms with Crippen LogP contribution in [0.25, 0.3) is 0 Å². The van der Waals surface area contributed by atoms with Gasteiger partial charge in [-0.3, -0.25) is 19.1 Å². The van der Waals surface area contributed by atoms with E-state index in [0.717, 1.165) is 19.3 Å². The molecule has 0 radical (unpaired) electrons. The van der Waals surface area contributed by atoms with Crippen molar-refractivity contribution in [2.45, 2.75) is 116 Å². The van der Waals surface area contributed by atoms with Crippen LogP contribution in [0.3, 0.4) is 0 Å². The summed E-state index contributed by atoms with van der Waals surface area (Å²) in [6, 6.07) is 4.59. The van der Waals surface area contributed by atoms with Gasteiger partial charge in [-0.05, 0) is 70.9 Å². The number of benzene rings is 1. The Bertz CT molecular complexity index is 1320. The third kappa shape index (κ3) is 10.8. The number of carbonyl (C=O) groups excluding carboxylic acids is 4. The summed E-state index contributed by atoms with van der Waals surface area (Å²) in [4.78, 5) is 54.4. The minimum atomic E-state index is -4.34. The van der Waals surface area contributed by atoms with Crippen LogP contribution >= 0.6 is 0 Å². The summed E-state index contributed by atoms with van der Waals surface area (Å²) in [5.41, 5.74) is -2.02. The molecule has 1 saturated carbocycles. The van der Waals surface area contributed by atoms with Crippen LogP contribution in [0.4, 0.5) is 10.5 Å². The number of alkyl carbamates (subject to hydrolysis) is 1. The van der Waals surface area contributed by atoms with Gasteiger partial charge in [0, 0.05) is 6.54 Å². The van der Waals surface area contributed by atoms with Crippen molar-refractivity contribution in [2.24, 2.45) is 5.92 Å². The van der Waals surface area contributed by atoms with Crippen molar-refractivity contribution in [3.63, 3.8) is 0 Å². The van der Waals surface area contributed by atoms with E-state index in [4.69, 9.17) is 9.47 Å². The first-order valence-corrected chi connectivity index (χ1v) is 17.1. The van der Waals surface area contributed by atoms with E-state index in [1.54, 1.807) is 39.0 Å². The number of amides is 4. The molecule has 1 aliphatic heterocycles. The van der Waals surface area contributed by atoms with Crippen molar-refractivity contribution in [2.75, 3.05) is 18.4 Å². The number of likely N-dealkylation sites (tertiary alicyclic amines) is 1. The van der Waals surface area contributed by atoms with Gasteiger partial charge >= 0.3 is 16.3 Å². The highest BCUT2D eigenvalue weighted by Crippen LogP contribution is 2.37. The summed E-state index contributed by atoms with van der Waals surface area (Å²) in [5, 5.41) is 5.42. The monoisotopic (exact) mass is 651 g/mol. The van der Waals surface area contributed by atoms with Crippen LogP contribution in [0.2, 0.25) is 0 Å². The molecule has 2 fully saturated rings. The second-order valence-electron chi connectivity index (χ2n) is 13.2. The molecule has 4 amide bonds. The van der Waals surface area contributed by atoms with Crippen LogP contribution in [0.5, 0.6) is 5.75 Å². The number of ether oxygens (including phenoxy) is 2. The van der Waals surface area contributed by atoms with Crippen molar-refractivity contribution in [1.82, 2.24) is 20.3 Å². The molecular weight excluding hydrogens is 602 g/mol. The topological polar surface area (TPSA) is 172 Å². The molecule has 2 atom stereocenters. The van der Waals surface area contributed by atoms with Crippen LogP contribution in [-0.2, 0) is 29.3 Å². The minimum absolute atomic E-state index is 0.142. The Hall–Kier alpha value is -3.55. The Morgan fingerprint density at radius 1 is 1.04 bits per heavy atom. The smallest absolute Gasteiger partial charge is 0.408 e. The van der Waals surface area contributed by atoms with Gasteiger partial charge in [0.2, 0.25) is 11.8 Å². The molecular formula is C31H49N5O8S. The zero-order valence-corrected chi connectivity index (χ0v) is 28.1. The minimum Gasteiger partial charge on any atom is -0.495 e. The molecule has 0 spiro atoms. The predicted molar refractivity (Wildman–Crippen MR) is 170 cm³/mol. The highest BCUT2D eigenvalue weighted by atomic mass is 32.2. The number of anilines is 1. The summed E-state index contributed by atoms with van der Waals surface area (Å²) >= 11 is 0. The molecule has 4 N–H and O–H groups in total. The maximum Gasteiger partial charge on any atom is 0.408 e. The maximum atomic E-state index is 13.8. The highest BCUT2D eigenvalue weighted by Gasteiger charge is 2.54. The summed E-state index contributed by atoms with van der Waals surface area (Å²) in [7, 11) is -2.95. The lowest BCUT2D eigenvalue weighted by molar-refractivity contribution is -0.141. The van der Waals surface area contributed by atoms with Gasteiger partial charge in [-0.2, -0.15) is 8.42 Å². The summed E-state index contributed by atoms with van der Waals surface area (Å²) in [6.45, 7) is 9.83. The molecule has 0 unspecified atom stereocenters. The van der Waals surface area contributed by atoms with Crippen molar-refractivity contribution in [1.29, 1.82) is 0 Å². The SMILES string of the molecule is COc1ccccc1NS(=O)(=O)NC(=O)C1(NC(=O)[C@@H]2CCCN2C(=O)[C@H](CCCCCC(C)C)NC(=O)OC(C)(C)C)CC1. The van der Waals surface area contributed by atoms with Gasteiger partial charge in [-0.1, -0.05) is 51.7 Å². The Balaban J connectivity index is 1.65. The molecule has 1 saturated heterocycles. The molecule has 13 nitrogen and oxygen atoms in total. The molecule has 45 heavy (non-hydrogen) atoms. The highest BCUT2D eigenvalue weighted by molar-refractivity contribution is 7.91. The van der Waals surface area contributed by atoms with Gasteiger partial charge in [-0.25, -0.2) is 9.52 Å². The second kappa shape index (κ2) is 15.2. The molecule has 3 rings (SSSR count). The molecule has 2 aliphatic rings. The van der Waals surface area contributed by atoms with Crippen molar-refractivity contribution < 1.29 is 37.1 Å². The molecule has 1 aromatic carbocycles. The third-order valence-corrected chi connectivity index (χ3v) is 8.67. The number of nitrogens with one attached hydrogen (secondary N) is 4. The van der Waals surface area contributed by atoms with Crippen LogP contribution in [-0.4, -0.2) is 74.0 Å². The van der Waals surface area contributed by atoms with Gasteiger partial charge in [0.05, 0.1) is 12.8 Å². The average Bonchev–Trinajstić information content (AvgIpc) is 3.55. The first-order valence-electron chi connectivity index (χ1n) is 15.7. The van der Waals surface area contributed by atoms with Crippen molar-refractivity contribution in [3.8, 4) is 5.75 Å². The fourth-order valence-electron chi connectivity index (χ4n) is 5.26. The zero-order chi connectivity index (χ0) is 33.4. The van der Waals surface area contributed by atoms with Gasteiger partial charge < -0.3 is 25.0 Å². The van der Waals surface area contributed by atoms with Crippen LogP contribution in [0, 0.1) is 5.92 Å². The largest absolute Gasteiger partial charge is 0.495 e. The summed E-state index contributed by atoms with van der Waals surface area (Å²) < 4.78 is 40.3. The fourth-order valence-corrected chi connectivity index (χ4v) is 6.21. The normalized spacial score (nSPS) is 18.1. The van der Waals surface area contributed by atoms with E-state index in [0.29, 0.717) is 38.1 Å². The fraction of sp³-hybridized carbons (Fsp3) is 0.677. The third-order valence-electron chi connectivity index (χ3n) is 7.73. The molecule has 1 heterocycles. The Kier molecular flexibility index (Phi) is 12.1. The van der Waals surface area contributed by atoms with Crippen LogP contribution < -0.4 is 24.8 Å². The number of para-hydroxylation sites is 2. The van der Waals surface area contributed by atoms with E-state index in [9.17, 15) is 27.6 Å². The molecule has 0 aromatic heterocycles. The van der Waals surface area contributed by atoms with E-state index < -0.39 is 51.3 Å². The molecule has 252 valence electrons. The summed E-state index contributed by atoms with van der Waals surface area (Å²) in [6.07, 6.45) is 4.80. The Morgan fingerprint density at radius 3 is 2.33 bits per heavy atom. The quantitative estimate of drug-likeness (QED) is 0.208. The van der Waals surface area contributed by atoms with Crippen LogP contribution in [0.15, 0.2) is 24.3 Å². The van der Waals surface area contributed by atoms with E-state index in [1.807, 2.05) is 4.72 Å². The first kappa shape index (κ1) is 35.9. The summed E-state index contributed by atoms with van der Waals surface area (Å²) in [5.74, 6) is -0.964. The Labute approximate surface area is 266 Å². The van der Waals surface area contributed by atoms with E-state index in [2.05, 4.69) is 29.2 Å². The van der Waals surface area contributed by atoms with E-state index in [1.165, 1.54) is 18.1 Å². The van der Waals surface area contributed by atoms with Crippen LogP contribution in [0.1, 0.15) is 92.4 Å². The number of rotatable bonds is 15. The number of nitrogens with zero attached hydrogens (tertiary/aromatic N) is 1. The lowest BCUT2D eigenvalue weighted by Crippen LogP contribution is -2.58.